The zero-order valence-corrected chi connectivity index (χ0v) is 14.2. The Kier molecular flexibility index (Phi) is 5.23. The highest BCUT2D eigenvalue weighted by Gasteiger charge is 2.21. The molecule has 1 aliphatic heterocycles. The molecule has 7 heteroatoms. The Morgan fingerprint density at radius 2 is 1.80 bits per heavy atom. The van der Waals surface area contributed by atoms with Crippen LogP contribution in [0.25, 0.3) is 0 Å². The van der Waals surface area contributed by atoms with Gasteiger partial charge < -0.3 is 15.1 Å². The number of nitrogens with zero attached hydrogens (tertiary/aromatic N) is 4. The maximum Gasteiger partial charge on any atom is 0.227 e. The van der Waals surface area contributed by atoms with E-state index < -0.39 is 0 Å². The monoisotopic (exact) mass is 339 g/mol. The molecule has 1 N–H and O–H groups in total. The lowest BCUT2D eigenvalue weighted by molar-refractivity contribution is -0.130. The third-order valence-electron chi connectivity index (χ3n) is 4.14. The zero-order valence-electron chi connectivity index (χ0n) is 14.2. The lowest BCUT2D eigenvalue weighted by Crippen LogP contribution is -2.49. The van der Waals surface area contributed by atoms with E-state index in [0.29, 0.717) is 19.5 Å². The van der Waals surface area contributed by atoms with Gasteiger partial charge in [0.1, 0.15) is 5.82 Å². The highest BCUT2D eigenvalue weighted by Crippen LogP contribution is 2.14. The number of carbonyl (C=O) groups excluding carboxylic acids is 2. The summed E-state index contributed by atoms with van der Waals surface area (Å²) in [6.45, 7) is 4.34. The van der Waals surface area contributed by atoms with Crippen LogP contribution in [-0.4, -0.2) is 52.9 Å². The highest BCUT2D eigenvalue weighted by molar-refractivity contribution is 5.88. The molecule has 1 aliphatic rings. The molecule has 0 unspecified atom stereocenters. The van der Waals surface area contributed by atoms with Crippen LogP contribution in [0, 0.1) is 0 Å². The minimum atomic E-state index is -0.107. The Morgan fingerprint density at radius 3 is 2.40 bits per heavy atom. The molecule has 1 aromatic heterocycles. The van der Waals surface area contributed by atoms with Gasteiger partial charge in [-0.2, -0.15) is 0 Å². The summed E-state index contributed by atoms with van der Waals surface area (Å²) < 4.78 is 0. The van der Waals surface area contributed by atoms with Gasteiger partial charge in [0.2, 0.25) is 11.8 Å². The second-order valence-corrected chi connectivity index (χ2v) is 5.99. The predicted octanol–water partition coefficient (Wildman–Crippen LogP) is 1.33. The van der Waals surface area contributed by atoms with Gasteiger partial charge in [0, 0.05) is 51.2 Å². The van der Waals surface area contributed by atoms with Crippen molar-refractivity contribution < 1.29 is 9.59 Å². The summed E-state index contributed by atoms with van der Waals surface area (Å²) in [6, 6.07) is 7.38. The van der Waals surface area contributed by atoms with Gasteiger partial charge in [-0.25, -0.2) is 4.98 Å². The summed E-state index contributed by atoms with van der Waals surface area (Å²) in [5.41, 5.74) is 1.68. The van der Waals surface area contributed by atoms with E-state index >= 15 is 0 Å². The molecule has 2 amide bonds. The van der Waals surface area contributed by atoms with E-state index in [9.17, 15) is 9.59 Å². The minimum absolute atomic E-state index is 0.107. The summed E-state index contributed by atoms with van der Waals surface area (Å²) in [7, 11) is 0. The van der Waals surface area contributed by atoms with Crippen molar-refractivity contribution >= 4 is 23.3 Å². The number of anilines is 2. The van der Waals surface area contributed by atoms with Gasteiger partial charge in [-0.05, 0) is 17.7 Å². The quantitative estimate of drug-likeness (QED) is 0.909. The second-order valence-electron chi connectivity index (χ2n) is 5.99. The molecule has 0 saturated carbocycles. The van der Waals surface area contributed by atoms with Crippen molar-refractivity contribution in [2.75, 3.05) is 36.4 Å². The third kappa shape index (κ3) is 4.53. The fourth-order valence-electron chi connectivity index (χ4n) is 2.84. The standard InChI is InChI=1S/C18H21N5O2/c1-14(24)21-16-4-2-15(3-5-16)12-18(25)23-10-8-22(9-11-23)17-13-19-6-7-20-17/h2-7,13H,8-12H2,1H3,(H,21,24). The van der Waals surface area contributed by atoms with Crippen LogP contribution in [0.1, 0.15) is 12.5 Å². The second kappa shape index (κ2) is 7.74. The van der Waals surface area contributed by atoms with E-state index in [0.717, 1.165) is 30.2 Å². The van der Waals surface area contributed by atoms with Crippen molar-refractivity contribution in [3.05, 3.63) is 48.4 Å². The Labute approximate surface area is 146 Å². The Hall–Kier alpha value is -2.96. The average Bonchev–Trinajstić information content (AvgIpc) is 2.64. The molecular weight excluding hydrogens is 318 g/mol. The molecule has 1 fully saturated rings. The van der Waals surface area contributed by atoms with E-state index in [1.54, 1.807) is 18.6 Å². The topological polar surface area (TPSA) is 78.4 Å². The van der Waals surface area contributed by atoms with Crippen molar-refractivity contribution in [3.8, 4) is 0 Å². The fraction of sp³-hybridized carbons (Fsp3) is 0.333. The van der Waals surface area contributed by atoms with Crippen molar-refractivity contribution in [1.29, 1.82) is 0 Å². The molecule has 0 aliphatic carbocycles. The Morgan fingerprint density at radius 1 is 1.08 bits per heavy atom. The molecule has 0 radical (unpaired) electrons. The van der Waals surface area contributed by atoms with Crippen LogP contribution in [0.15, 0.2) is 42.9 Å². The number of nitrogens with one attached hydrogen (secondary N) is 1. The molecule has 2 heterocycles. The molecule has 7 nitrogen and oxygen atoms in total. The van der Waals surface area contributed by atoms with Crippen LogP contribution in [0.4, 0.5) is 11.5 Å². The van der Waals surface area contributed by atoms with Crippen LogP contribution in [0.2, 0.25) is 0 Å². The Bertz CT molecular complexity index is 725. The van der Waals surface area contributed by atoms with Crippen LogP contribution < -0.4 is 10.2 Å². The van der Waals surface area contributed by atoms with E-state index in [4.69, 9.17) is 0 Å². The fourth-order valence-corrected chi connectivity index (χ4v) is 2.84. The average molecular weight is 339 g/mol. The number of amides is 2. The summed E-state index contributed by atoms with van der Waals surface area (Å²) in [5, 5.41) is 2.72. The zero-order chi connectivity index (χ0) is 17.6. The molecule has 0 bridgehead atoms. The van der Waals surface area contributed by atoms with Gasteiger partial charge in [0.25, 0.3) is 0 Å². The van der Waals surface area contributed by atoms with E-state index in [2.05, 4.69) is 20.2 Å². The largest absolute Gasteiger partial charge is 0.352 e. The Balaban J connectivity index is 1.52. The number of hydrogen-bond donors (Lipinski definition) is 1. The summed E-state index contributed by atoms with van der Waals surface area (Å²) in [6.07, 6.45) is 5.44. The number of carbonyl (C=O) groups is 2. The van der Waals surface area contributed by atoms with Crippen molar-refractivity contribution in [2.24, 2.45) is 0 Å². The van der Waals surface area contributed by atoms with Crippen LogP contribution in [0.3, 0.4) is 0 Å². The van der Waals surface area contributed by atoms with Gasteiger partial charge in [-0.3, -0.25) is 14.6 Å². The summed E-state index contributed by atoms with van der Waals surface area (Å²) in [4.78, 5) is 35.9. The molecular formula is C18H21N5O2. The molecule has 130 valence electrons. The summed E-state index contributed by atoms with van der Waals surface area (Å²) in [5.74, 6) is 0.860. The SMILES string of the molecule is CC(=O)Nc1ccc(CC(=O)N2CCN(c3cnccn3)CC2)cc1. The summed E-state index contributed by atoms with van der Waals surface area (Å²) >= 11 is 0. The molecule has 0 spiro atoms. The molecule has 3 rings (SSSR count). The normalized spacial score (nSPS) is 14.3. The molecule has 1 aromatic carbocycles. The minimum Gasteiger partial charge on any atom is -0.352 e. The van der Waals surface area contributed by atoms with Crippen molar-refractivity contribution in [3.63, 3.8) is 0 Å². The van der Waals surface area contributed by atoms with Gasteiger partial charge >= 0.3 is 0 Å². The van der Waals surface area contributed by atoms with E-state index in [1.165, 1.54) is 6.92 Å². The maximum atomic E-state index is 12.5. The van der Waals surface area contributed by atoms with Crippen LogP contribution >= 0.6 is 0 Å². The third-order valence-corrected chi connectivity index (χ3v) is 4.14. The lowest BCUT2D eigenvalue weighted by Gasteiger charge is -2.35. The number of hydrogen-bond acceptors (Lipinski definition) is 5. The van der Waals surface area contributed by atoms with Gasteiger partial charge in [-0.1, -0.05) is 12.1 Å². The molecule has 1 saturated heterocycles. The van der Waals surface area contributed by atoms with E-state index in [-0.39, 0.29) is 11.8 Å². The van der Waals surface area contributed by atoms with Crippen molar-refractivity contribution in [2.45, 2.75) is 13.3 Å². The first-order chi connectivity index (χ1) is 12.1. The maximum absolute atomic E-state index is 12.5. The number of benzene rings is 1. The van der Waals surface area contributed by atoms with Crippen LogP contribution in [0.5, 0.6) is 0 Å². The van der Waals surface area contributed by atoms with Crippen molar-refractivity contribution in [1.82, 2.24) is 14.9 Å². The molecule has 0 atom stereocenters. The molecule has 2 aromatic rings. The first-order valence-electron chi connectivity index (χ1n) is 8.27. The highest BCUT2D eigenvalue weighted by atomic mass is 16.2. The smallest absolute Gasteiger partial charge is 0.227 e. The van der Waals surface area contributed by atoms with Gasteiger partial charge in [-0.15, -0.1) is 0 Å². The number of rotatable bonds is 4. The van der Waals surface area contributed by atoms with Gasteiger partial charge in [0.05, 0.1) is 12.6 Å². The lowest BCUT2D eigenvalue weighted by atomic mass is 10.1. The molecule has 25 heavy (non-hydrogen) atoms. The number of piperazine rings is 1. The van der Waals surface area contributed by atoms with E-state index in [1.807, 2.05) is 29.2 Å². The predicted molar refractivity (Wildman–Crippen MR) is 95.3 cm³/mol. The number of aromatic nitrogens is 2. The first-order valence-corrected chi connectivity index (χ1v) is 8.27. The first kappa shape index (κ1) is 16.9. The van der Waals surface area contributed by atoms with Gasteiger partial charge in [0.15, 0.2) is 0 Å². The van der Waals surface area contributed by atoms with Crippen LogP contribution in [-0.2, 0) is 16.0 Å².